The number of amides is 1. The molecule has 0 saturated carbocycles. The van der Waals surface area contributed by atoms with Crippen molar-refractivity contribution in [3.63, 3.8) is 0 Å². The van der Waals surface area contributed by atoms with Crippen molar-refractivity contribution < 1.29 is 19.4 Å². The Balaban J connectivity index is 1.62. The lowest BCUT2D eigenvalue weighted by atomic mass is 9.94. The van der Waals surface area contributed by atoms with E-state index in [1.54, 1.807) is 30.3 Å². The molecule has 4 aromatic carbocycles. The third-order valence-electron chi connectivity index (χ3n) is 6.44. The number of methoxy groups -OCH3 is 1. The van der Waals surface area contributed by atoms with Crippen molar-refractivity contribution in [2.45, 2.75) is 13.0 Å². The Labute approximate surface area is 225 Å². The Bertz CT molecular complexity index is 1550. The summed E-state index contributed by atoms with van der Waals surface area (Å²) in [4.78, 5) is 28.3. The summed E-state index contributed by atoms with van der Waals surface area (Å²) in [5, 5.41) is 15.0. The molecular formula is C31H25ClN2O4. The van der Waals surface area contributed by atoms with Crippen molar-refractivity contribution in [3.05, 3.63) is 124 Å². The summed E-state index contributed by atoms with van der Waals surface area (Å²) in [6, 6.07) is 28.4. The Morgan fingerprint density at radius 2 is 1.61 bits per heavy atom. The molecule has 190 valence electrons. The largest absolute Gasteiger partial charge is 0.507 e. The number of aliphatic hydroxyl groups excluding tert-OH is 1. The number of hydrogen-bond donors (Lipinski definition) is 2. The zero-order chi connectivity index (χ0) is 26.8. The first-order valence-electron chi connectivity index (χ1n) is 12.0. The molecule has 1 unspecified atom stereocenters. The van der Waals surface area contributed by atoms with E-state index in [1.807, 2.05) is 73.7 Å². The molecule has 2 N–H and O–H groups in total. The van der Waals surface area contributed by atoms with E-state index >= 15 is 0 Å². The van der Waals surface area contributed by atoms with E-state index in [1.165, 1.54) is 12.0 Å². The number of ketones is 1. The molecule has 0 bridgehead atoms. The lowest BCUT2D eigenvalue weighted by molar-refractivity contribution is -0.132. The Morgan fingerprint density at radius 3 is 2.29 bits per heavy atom. The number of carbonyl (C=O) groups is 2. The van der Waals surface area contributed by atoms with Gasteiger partial charge in [-0.25, -0.2) is 0 Å². The van der Waals surface area contributed by atoms with Gasteiger partial charge >= 0.3 is 0 Å². The highest BCUT2D eigenvalue weighted by atomic mass is 35.5. The standard InChI is InChI=1S/C31H25ClN2O4/c1-19-7-6-8-20(17-19)28-27(29(35)25-18-24(38-2)15-16-26(25)32)30(36)31(37)34(28)23-13-11-22(12-14-23)33-21-9-4-3-5-10-21/h3-18,28,33,35H,1-2H3/b29-27+. The smallest absolute Gasteiger partial charge is 0.300 e. The van der Waals surface area contributed by atoms with E-state index in [-0.39, 0.29) is 21.9 Å². The fourth-order valence-corrected chi connectivity index (χ4v) is 4.81. The van der Waals surface area contributed by atoms with Crippen molar-refractivity contribution in [1.29, 1.82) is 0 Å². The zero-order valence-corrected chi connectivity index (χ0v) is 21.6. The molecule has 0 spiro atoms. The van der Waals surface area contributed by atoms with Crippen LogP contribution < -0.4 is 15.0 Å². The molecule has 0 aromatic heterocycles. The molecule has 0 radical (unpaired) electrons. The molecule has 1 aliphatic rings. The van der Waals surface area contributed by atoms with Crippen LogP contribution in [0.2, 0.25) is 5.02 Å². The highest BCUT2D eigenvalue weighted by Gasteiger charge is 2.47. The van der Waals surface area contributed by atoms with Gasteiger partial charge in [-0.3, -0.25) is 14.5 Å². The number of Topliss-reactive ketones (excluding diaryl/α,β-unsaturated/α-hetero) is 1. The minimum atomic E-state index is -0.856. The van der Waals surface area contributed by atoms with Gasteiger partial charge in [-0.1, -0.05) is 59.6 Å². The average molecular weight is 525 g/mol. The second-order valence-electron chi connectivity index (χ2n) is 8.97. The molecule has 1 saturated heterocycles. The van der Waals surface area contributed by atoms with Gasteiger partial charge in [0.15, 0.2) is 0 Å². The van der Waals surface area contributed by atoms with Crippen LogP contribution in [0.5, 0.6) is 5.75 Å². The number of carbonyl (C=O) groups excluding carboxylic acids is 2. The minimum absolute atomic E-state index is 0.0396. The van der Waals surface area contributed by atoms with Gasteiger partial charge in [0.05, 0.1) is 23.7 Å². The summed E-state index contributed by atoms with van der Waals surface area (Å²) < 4.78 is 5.28. The maximum absolute atomic E-state index is 13.5. The number of anilines is 3. The second-order valence-corrected chi connectivity index (χ2v) is 9.37. The third kappa shape index (κ3) is 4.74. The van der Waals surface area contributed by atoms with Crippen LogP contribution in [0.15, 0.2) is 103 Å². The molecule has 1 amide bonds. The van der Waals surface area contributed by atoms with Crippen LogP contribution in [0.3, 0.4) is 0 Å². The Hall–Kier alpha value is -4.55. The van der Waals surface area contributed by atoms with E-state index in [0.717, 1.165) is 16.9 Å². The molecule has 5 rings (SSSR count). The summed E-state index contributed by atoms with van der Waals surface area (Å²) >= 11 is 6.40. The van der Waals surface area contributed by atoms with Crippen LogP contribution in [0, 0.1) is 6.92 Å². The maximum Gasteiger partial charge on any atom is 0.300 e. The summed E-state index contributed by atoms with van der Waals surface area (Å²) in [6.07, 6.45) is 0. The number of benzene rings is 4. The fourth-order valence-electron chi connectivity index (χ4n) is 4.61. The number of halogens is 1. The summed E-state index contributed by atoms with van der Waals surface area (Å²) in [7, 11) is 1.50. The van der Waals surface area contributed by atoms with Gasteiger partial charge in [0.1, 0.15) is 11.5 Å². The molecule has 0 aliphatic carbocycles. The van der Waals surface area contributed by atoms with Crippen LogP contribution in [-0.4, -0.2) is 23.9 Å². The Kier molecular flexibility index (Phi) is 6.90. The maximum atomic E-state index is 13.5. The highest BCUT2D eigenvalue weighted by Crippen LogP contribution is 2.43. The van der Waals surface area contributed by atoms with Crippen LogP contribution in [0.4, 0.5) is 17.1 Å². The first-order chi connectivity index (χ1) is 18.4. The number of aliphatic hydroxyl groups is 1. The average Bonchev–Trinajstić information content (AvgIpc) is 3.20. The highest BCUT2D eigenvalue weighted by molar-refractivity contribution is 6.52. The monoisotopic (exact) mass is 524 g/mol. The predicted molar refractivity (Wildman–Crippen MR) is 150 cm³/mol. The van der Waals surface area contributed by atoms with Crippen molar-refractivity contribution in [3.8, 4) is 5.75 Å². The SMILES string of the molecule is COc1ccc(Cl)c(/C(O)=C2\C(=O)C(=O)N(c3ccc(Nc4ccccc4)cc3)C2c2cccc(C)c2)c1. The van der Waals surface area contributed by atoms with Gasteiger partial charge in [0.25, 0.3) is 11.7 Å². The number of aryl methyl sites for hydroxylation is 1. The number of nitrogens with one attached hydrogen (secondary N) is 1. The van der Waals surface area contributed by atoms with E-state index < -0.39 is 17.7 Å². The topological polar surface area (TPSA) is 78.9 Å². The first-order valence-corrected chi connectivity index (χ1v) is 12.4. The van der Waals surface area contributed by atoms with Crippen molar-refractivity contribution in [2.24, 2.45) is 0 Å². The number of para-hydroxylation sites is 1. The summed E-state index contributed by atoms with van der Waals surface area (Å²) in [5.41, 5.74) is 4.09. The number of nitrogens with zero attached hydrogens (tertiary/aromatic N) is 1. The Morgan fingerprint density at radius 1 is 0.895 bits per heavy atom. The molecular weight excluding hydrogens is 500 g/mol. The van der Waals surface area contributed by atoms with E-state index in [2.05, 4.69) is 5.32 Å². The molecule has 7 heteroatoms. The third-order valence-corrected chi connectivity index (χ3v) is 6.77. The number of hydrogen-bond acceptors (Lipinski definition) is 5. The quantitative estimate of drug-likeness (QED) is 0.161. The summed E-state index contributed by atoms with van der Waals surface area (Å²) in [5.74, 6) is -1.43. The summed E-state index contributed by atoms with van der Waals surface area (Å²) in [6.45, 7) is 1.93. The van der Waals surface area contributed by atoms with Gasteiger partial charge in [-0.2, -0.15) is 0 Å². The predicted octanol–water partition coefficient (Wildman–Crippen LogP) is 7.03. The van der Waals surface area contributed by atoms with Gasteiger partial charge < -0.3 is 15.2 Å². The van der Waals surface area contributed by atoms with Crippen LogP contribution in [-0.2, 0) is 9.59 Å². The molecule has 1 heterocycles. The van der Waals surface area contributed by atoms with Gasteiger partial charge in [0, 0.05) is 22.6 Å². The minimum Gasteiger partial charge on any atom is -0.507 e. The van der Waals surface area contributed by atoms with Crippen LogP contribution in [0.1, 0.15) is 22.7 Å². The zero-order valence-electron chi connectivity index (χ0n) is 20.8. The van der Waals surface area contributed by atoms with E-state index in [0.29, 0.717) is 17.0 Å². The lowest BCUT2D eigenvalue weighted by Gasteiger charge is -2.26. The molecule has 38 heavy (non-hydrogen) atoms. The fraction of sp³-hybridized carbons (Fsp3) is 0.0968. The molecule has 1 aliphatic heterocycles. The van der Waals surface area contributed by atoms with E-state index in [9.17, 15) is 14.7 Å². The normalized spacial score (nSPS) is 16.5. The van der Waals surface area contributed by atoms with Crippen LogP contribution >= 0.6 is 11.6 Å². The second kappa shape index (κ2) is 10.4. The molecule has 1 atom stereocenters. The van der Waals surface area contributed by atoms with Crippen molar-refractivity contribution >= 4 is 46.1 Å². The molecule has 6 nitrogen and oxygen atoms in total. The van der Waals surface area contributed by atoms with E-state index in [4.69, 9.17) is 16.3 Å². The van der Waals surface area contributed by atoms with Gasteiger partial charge in [-0.15, -0.1) is 0 Å². The molecule has 1 fully saturated rings. The lowest BCUT2D eigenvalue weighted by Crippen LogP contribution is -2.29. The van der Waals surface area contributed by atoms with Crippen LogP contribution in [0.25, 0.3) is 5.76 Å². The van der Waals surface area contributed by atoms with Crippen molar-refractivity contribution in [2.75, 3.05) is 17.3 Å². The number of ether oxygens (including phenoxy) is 1. The number of rotatable bonds is 6. The van der Waals surface area contributed by atoms with Crippen molar-refractivity contribution in [1.82, 2.24) is 0 Å². The van der Waals surface area contributed by atoms with Gasteiger partial charge in [0.2, 0.25) is 0 Å². The first kappa shape index (κ1) is 25.1. The molecule has 4 aromatic rings. The van der Waals surface area contributed by atoms with Gasteiger partial charge in [-0.05, 0) is 67.1 Å².